The highest BCUT2D eigenvalue weighted by Crippen LogP contribution is 2.39. The molecule has 0 saturated heterocycles. The average molecular weight is 359 g/mol. The van der Waals surface area contributed by atoms with Crippen LogP contribution in [0.5, 0.6) is 0 Å². The minimum Gasteiger partial charge on any atom is -0.361 e. The monoisotopic (exact) mass is 359 g/mol. The van der Waals surface area contributed by atoms with Gasteiger partial charge in [0.15, 0.2) is 5.78 Å². The predicted octanol–water partition coefficient (Wildman–Crippen LogP) is 5.50. The van der Waals surface area contributed by atoms with Gasteiger partial charge in [-0.25, -0.2) is 0 Å². The summed E-state index contributed by atoms with van der Waals surface area (Å²) >= 11 is 0. The summed E-state index contributed by atoms with van der Waals surface area (Å²) in [4.78, 5) is 23.4. The van der Waals surface area contributed by atoms with Crippen LogP contribution < -0.4 is 0 Å². The number of Topliss-reactive ketones (excluding diaryl/α,β-unsaturated/α-hetero) is 1. The van der Waals surface area contributed by atoms with Gasteiger partial charge in [0, 0.05) is 11.1 Å². The topological polar surface area (TPSA) is 77.5 Å². The number of carbonyl (C=O) groups is 1. The van der Waals surface area contributed by atoms with Crippen LogP contribution in [-0.4, -0.2) is 15.5 Å². The molecule has 4 aromatic rings. The SMILES string of the molecule is CC(=O)c1c(-c2c(C)noc2C)n(-c2ccc(N=O)cc2)c2ccccc12. The largest absolute Gasteiger partial charge is 0.361 e. The molecule has 0 radical (unpaired) electrons. The van der Waals surface area contributed by atoms with Gasteiger partial charge in [0.2, 0.25) is 0 Å². The Morgan fingerprint density at radius 2 is 1.78 bits per heavy atom. The van der Waals surface area contributed by atoms with Gasteiger partial charge in [-0.3, -0.25) is 4.79 Å². The highest BCUT2D eigenvalue weighted by molar-refractivity contribution is 6.13. The van der Waals surface area contributed by atoms with Gasteiger partial charge in [-0.05, 0) is 56.3 Å². The molecule has 0 saturated carbocycles. The molecule has 6 nitrogen and oxygen atoms in total. The van der Waals surface area contributed by atoms with Crippen molar-refractivity contribution >= 4 is 22.4 Å². The number of nitroso groups, excluding NO2 is 1. The number of ketones is 1. The maximum atomic E-state index is 12.6. The lowest BCUT2D eigenvalue weighted by Crippen LogP contribution is -2.02. The van der Waals surface area contributed by atoms with E-state index in [0.29, 0.717) is 22.7 Å². The zero-order chi connectivity index (χ0) is 19.1. The van der Waals surface area contributed by atoms with E-state index in [2.05, 4.69) is 10.3 Å². The van der Waals surface area contributed by atoms with Crippen molar-refractivity contribution in [2.45, 2.75) is 20.8 Å². The third-order valence-electron chi connectivity index (χ3n) is 4.71. The van der Waals surface area contributed by atoms with Gasteiger partial charge < -0.3 is 9.09 Å². The van der Waals surface area contributed by atoms with Crippen molar-refractivity contribution in [1.82, 2.24) is 9.72 Å². The molecule has 0 fully saturated rings. The fourth-order valence-corrected chi connectivity index (χ4v) is 3.58. The molecule has 0 N–H and O–H groups in total. The Balaban J connectivity index is 2.18. The Morgan fingerprint density at radius 1 is 1.07 bits per heavy atom. The maximum absolute atomic E-state index is 12.6. The van der Waals surface area contributed by atoms with Gasteiger partial charge >= 0.3 is 0 Å². The van der Waals surface area contributed by atoms with Gasteiger partial charge in [0.1, 0.15) is 11.4 Å². The van der Waals surface area contributed by atoms with Crippen molar-refractivity contribution in [2.75, 3.05) is 0 Å². The summed E-state index contributed by atoms with van der Waals surface area (Å²) in [6, 6.07) is 14.7. The molecule has 6 heteroatoms. The van der Waals surface area contributed by atoms with Crippen LogP contribution in [0, 0.1) is 18.8 Å². The number of fused-ring (bicyclic) bond motifs is 1. The molecule has 0 aliphatic carbocycles. The van der Waals surface area contributed by atoms with Gasteiger partial charge in [-0.2, -0.15) is 0 Å². The average Bonchev–Trinajstić information content (AvgIpc) is 3.18. The van der Waals surface area contributed by atoms with Crippen LogP contribution >= 0.6 is 0 Å². The summed E-state index contributed by atoms with van der Waals surface area (Å²) in [5.41, 5.74) is 4.94. The van der Waals surface area contributed by atoms with E-state index >= 15 is 0 Å². The first kappa shape index (κ1) is 16.9. The Morgan fingerprint density at radius 3 is 2.37 bits per heavy atom. The van der Waals surface area contributed by atoms with Crippen molar-refractivity contribution in [3.63, 3.8) is 0 Å². The molecule has 2 aromatic carbocycles. The molecule has 134 valence electrons. The summed E-state index contributed by atoms with van der Waals surface area (Å²) in [6.45, 7) is 5.25. The van der Waals surface area contributed by atoms with Crippen LogP contribution in [0.4, 0.5) is 5.69 Å². The summed E-state index contributed by atoms with van der Waals surface area (Å²) in [7, 11) is 0. The number of hydrogen-bond donors (Lipinski definition) is 0. The smallest absolute Gasteiger partial charge is 0.162 e. The number of nitrogens with zero attached hydrogens (tertiary/aromatic N) is 3. The van der Waals surface area contributed by atoms with Gasteiger partial charge in [-0.1, -0.05) is 23.4 Å². The zero-order valence-corrected chi connectivity index (χ0v) is 15.2. The lowest BCUT2D eigenvalue weighted by atomic mass is 10.0. The third kappa shape index (κ3) is 2.57. The fourth-order valence-electron chi connectivity index (χ4n) is 3.58. The highest BCUT2D eigenvalue weighted by atomic mass is 16.5. The highest BCUT2D eigenvalue weighted by Gasteiger charge is 2.26. The van der Waals surface area contributed by atoms with Gasteiger partial charge in [-0.15, -0.1) is 4.91 Å². The normalized spacial score (nSPS) is 11.1. The van der Waals surface area contributed by atoms with E-state index in [4.69, 9.17) is 4.52 Å². The lowest BCUT2D eigenvalue weighted by Gasteiger charge is -2.12. The molecule has 0 spiro atoms. The van der Waals surface area contributed by atoms with Crippen molar-refractivity contribution in [1.29, 1.82) is 0 Å². The molecular weight excluding hydrogens is 342 g/mol. The van der Waals surface area contributed by atoms with E-state index in [1.54, 1.807) is 19.1 Å². The molecule has 0 bridgehead atoms. The zero-order valence-electron chi connectivity index (χ0n) is 15.2. The Labute approximate surface area is 155 Å². The third-order valence-corrected chi connectivity index (χ3v) is 4.71. The summed E-state index contributed by atoms with van der Waals surface area (Å²) in [5, 5.41) is 7.89. The van der Waals surface area contributed by atoms with Crippen LogP contribution in [0.15, 0.2) is 58.2 Å². The number of benzene rings is 2. The molecule has 0 aliphatic rings. The van der Waals surface area contributed by atoms with Crippen LogP contribution in [0.1, 0.15) is 28.7 Å². The minimum atomic E-state index is -0.0360. The Bertz CT molecular complexity index is 1160. The van der Waals surface area contributed by atoms with Crippen molar-refractivity contribution in [3.8, 4) is 16.9 Å². The van der Waals surface area contributed by atoms with Crippen LogP contribution in [-0.2, 0) is 0 Å². The van der Waals surface area contributed by atoms with E-state index in [1.165, 1.54) is 0 Å². The van der Waals surface area contributed by atoms with E-state index in [1.807, 2.05) is 54.8 Å². The molecule has 27 heavy (non-hydrogen) atoms. The number of rotatable bonds is 4. The summed E-state index contributed by atoms with van der Waals surface area (Å²) < 4.78 is 7.38. The number of para-hydroxylation sites is 1. The molecule has 0 aliphatic heterocycles. The quantitative estimate of drug-likeness (QED) is 0.356. The first-order valence-corrected chi connectivity index (χ1v) is 8.54. The summed E-state index contributed by atoms with van der Waals surface area (Å²) in [5.74, 6) is 0.608. The van der Waals surface area contributed by atoms with Crippen LogP contribution in [0.25, 0.3) is 27.8 Å². The maximum Gasteiger partial charge on any atom is 0.162 e. The number of aryl methyl sites for hydroxylation is 2. The van der Waals surface area contributed by atoms with Crippen LogP contribution in [0.3, 0.4) is 0 Å². The number of carbonyl (C=O) groups excluding carboxylic acids is 1. The molecular formula is C21H17N3O3. The second-order valence-corrected chi connectivity index (χ2v) is 6.44. The minimum absolute atomic E-state index is 0.0360. The van der Waals surface area contributed by atoms with Gasteiger partial charge in [0.25, 0.3) is 0 Å². The molecule has 0 unspecified atom stereocenters. The Kier molecular flexibility index (Phi) is 3.96. The summed E-state index contributed by atoms with van der Waals surface area (Å²) in [6.07, 6.45) is 0. The fraction of sp³-hybridized carbons (Fsp3) is 0.143. The van der Waals surface area contributed by atoms with Crippen molar-refractivity contribution in [2.24, 2.45) is 5.18 Å². The van der Waals surface area contributed by atoms with Crippen LogP contribution in [0.2, 0.25) is 0 Å². The Hall–Kier alpha value is -3.54. The molecule has 0 atom stereocenters. The van der Waals surface area contributed by atoms with Crippen molar-refractivity contribution in [3.05, 3.63) is 70.5 Å². The lowest BCUT2D eigenvalue weighted by molar-refractivity contribution is 0.102. The number of aromatic nitrogens is 2. The molecule has 0 amide bonds. The van der Waals surface area contributed by atoms with E-state index in [0.717, 1.165) is 27.8 Å². The van der Waals surface area contributed by atoms with Gasteiger partial charge in [0.05, 0.1) is 28.0 Å². The molecule has 2 aromatic heterocycles. The predicted molar refractivity (Wildman–Crippen MR) is 104 cm³/mol. The number of hydrogen-bond acceptors (Lipinski definition) is 5. The second kappa shape index (κ2) is 6.32. The van der Waals surface area contributed by atoms with E-state index < -0.39 is 0 Å². The molecule has 4 rings (SSSR count). The van der Waals surface area contributed by atoms with E-state index in [9.17, 15) is 9.70 Å². The molecule has 2 heterocycles. The first-order valence-electron chi connectivity index (χ1n) is 8.54. The first-order chi connectivity index (χ1) is 13.0. The second-order valence-electron chi connectivity index (χ2n) is 6.44. The van der Waals surface area contributed by atoms with Crippen molar-refractivity contribution < 1.29 is 9.32 Å². The van der Waals surface area contributed by atoms with E-state index in [-0.39, 0.29) is 5.78 Å². The standard InChI is InChI=1S/C21H17N3O3/c1-12-19(14(3)27-23-12)21-20(13(2)25)17-6-4-5-7-18(17)24(21)16-10-8-15(22-26)9-11-16/h4-11H,1-3H3.